The highest BCUT2D eigenvalue weighted by atomic mass is 16.5. The maximum absolute atomic E-state index is 12.7. The minimum Gasteiger partial charge on any atom is -0.453 e. The van der Waals surface area contributed by atoms with Gasteiger partial charge in [0.15, 0.2) is 0 Å². The van der Waals surface area contributed by atoms with Crippen LogP contribution in [0.25, 0.3) is 0 Å². The largest absolute Gasteiger partial charge is 0.453 e. The van der Waals surface area contributed by atoms with E-state index in [0.29, 0.717) is 38.8 Å². The van der Waals surface area contributed by atoms with Crippen molar-refractivity contribution < 1.29 is 23.9 Å². The number of carbonyl (C=O) groups is 4. The summed E-state index contributed by atoms with van der Waals surface area (Å²) in [5.74, 6) is -0.372. The molecule has 3 fully saturated rings. The molecule has 0 aromatic carbocycles. The van der Waals surface area contributed by atoms with E-state index in [1.807, 2.05) is 0 Å². The summed E-state index contributed by atoms with van der Waals surface area (Å²) in [7, 11) is 1.35. The summed E-state index contributed by atoms with van der Waals surface area (Å²) in [6, 6.07) is -0.396. The molecular weight excluding hydrogens is 352 g/mol. The van der Waals surface area contributed by atoms with Gasteiger partial charge in [-0.2, -0.15) is 0 Å². The summed E-state index contributed by atoms with van der Waals surface area (Å²) in [6.07, 6.45) is 5.37. The number of likely N-dealkylation sites (tertiary alicyclic amines) is 1. The second-order valence-corrected chi connectivity index (χ2v) is 7.58. The van der Waals surface area contributed by atoms with Crippen molar-refractivity contribution >= 4 is 23.9 Å². The molecule has 3 rings (SSSR count). The lowest BCUT2D eigenvalue weighted by atomic mass is 9.82. The number of rotatable bonds is 4. The summed E-state index contributed by atoms with van der Waals surface area (Å²) >= 11 is 0. The van der Waals surface area contributed by atoms with Gasteiger partial charge in [0.1, 0.15) is 5.54 Å². The molecule has 3 aliphatic rings. The fraction of sp³-hybridized carbons (Fsp3) is 0.778. The van der Waals surface area contributed by atoms with Crippen LogP contribution >= 0.6 is 0 Å². The predicted molar refractivity (Wildman–Crippen MR) is 95.8 cm³/mol. The Hall–Kier alpha value is -2.32. The van der Waals surface area contributed by atoms with E-state index in [4.69, 9.17) is 4.74 Å². The number of hydrogen-bond acceptors (Lipinski definition) is 5. The third kappa shape index (κ3) is 4.17. The number of nitrogens with one attached hydrogen (secondary N) is 2. The number of hydrogen-bond donors (Lipinski definition) is 2. The highest BCUT2D eigenvalue weighted by Gasteiger charge is 2.51. The second kappa shape index (κ2) is 8.14. The maximum Gasteiger partial charge on any atom is 0.409 e. The van der Waals surface area contributed by atoms with Crippen LogP contribution in [0.5, 0.6) is 0 Å². The van der Waals surface area contributed by atoms with Crippen LogP contribution in [-0.4, -0.2) is 72.1 Å². The fourth-order valence-corrected chi connectivity index (χ4v) is 4.22. The van der Waals surface area contributed by atoms with E-state index in [1.54, 1.807) is 4.90 Å². The third-order valence-corrected chi connectivity index (χ3v) is 5.81. The van der Waals surface area contributed by atoms with Gasteiger partial charge in [0, 0.05) is 32.1 Å². The molecule has 1 aliphatic carbocycles. The normalized spacial score (nSPS) is 22.7. The smallest absolute Gasteiger partial charge is 0.409 e. The molecule has 1 saturated carbocycles. The zero-order chi connectivity index (χ0) is 19.4. The first-order chi connectivity index (χ1) is 12.9. The molecule has 5 amide bonds. The van der Waals surface area contributed by atoms with E-state index < -0.39 is 5.54 Å². The average Bonchev–Trinajstić information content (AvgIpc) is 2.90. The Morgan fingerprint density at radius 1 is 1.19 bits per heavy atom. The van der Waals surface area contributed by atoms with Crippen molar-refractivity contribution in [3.63, 3.8) is 0 Å². The predicted octanol–water partition coefficient (Wildman–Crippen LogP) is 0.978. The summed E-state index contributed by atoms with van der Waals surface area (Å²) in [4.78, 5) is 51.4. The monoisotopic (exact) mass is 380 g/mol. The van der Waals surface area contributed by atoms with Crippen LogP contribution < -0.4 is 10.6 Å². The molecule has 27 heavy (non-hydrogen) atoms. The zero-order valence-corrected chi connectivity index (χ0v) is 15.8. The quantitative estimate of drug-likeness (QED) is 0.707. The highest BCUT2D eigenvalue weighted by Crippen LogP contribution is 2.33. The lowest BCUT2D eigenvalue weighted by molar-refractivity contribution is -0.132. The molecule has 1 spiro atoms. The lowest BCUT2D eigenvalue weighted by Gasteiger charge is -2.31. The molecule has 9 nitrogen and oxygen atoms in total. The van der Waals surface area contributed by atoms with Gasteiger partial charge in [0.2, 0.25) is 5.91 Å². The maximum atomic E-state index is 12.7. The Morgan fingerprint density at radius 2 is 1.85 bits per heavy atom. The molecule has 2 saturated heterocycles. The van der Waals surface area contributed by atoms with Crippen molar-refractivity contribution in [1.29, 1.82) is 0 Å². The Balaban J connectivity index is 1.44. The van der Waals surface area contributed by atoms with Gasteiger partial charge >= 0.3 is 12.1 Å². The van der Waals surface area contributed by atoms with E-state index in [1.165, 1.54) is 12.0 Å². The molecule has 0 unspecified atom stereocenters. The first-order valence-corrected chi connectivity index (χ1v) is 9.71. The molecule has 0 bridgehead atoms. The number of amides is 5. The number of carbonyl (C=O) groups excluding carboxylic acids is 4. The molecule has 0 aromatic rings. The lowest BCUT2D eigenvalue weighted by Crippen LogP contribution is -2.48. The summed E-state index contributed by atoms with van der Waals surface area (Å²) in [6.45, 7) is 1.17. The van der Waals surface area contributed by atoms with Gasteiger partial charge in [-0.15, -0.1) is 0 Å². The van der Waals surface area contributed by atoms with Gasteiger partial charge in [-0.3, -0.25) is 14.5 Å². The molecule has 0 atom stereocenters. The van der Waals surface area contributed by atoms with Crippen molar-refractivity contribution in [1.82, 2.24) is 20.4 Å². The topological polar surface area (TPSA) is 108 Å². The van der Waals surface area contributed by atoms with Gasteiger partial charge in [0.25, 0.3) is 5.91 Å². The first-order valence-electron chi connectivity index (χ1n) is 9.71. The van der Waals surface area contributed by atoms with Crippen LogP contribution in [0.2, 0.25) is 0 Å². The van der Waals surface area contributed by atoms with Crippen molar-refractivity contribution in [3.05, 3.63) is 0 Å². The molecule has 0 radical (unpaired) electrons. The fourth-order valence-electron chi connectivity index (χ4n) is 4.22. The van der Waals surface area contributed by atoms with Crippen LogP contribution in [-0.2, 0) is 14.3 Å². The molecule has 9 heteroatoms. The minimum atomic E-state index is -0.744. The third-order valence-electron chi connectivity index (χ3n) is 5.81. The minimum absolute atomic E-state index is 0.00815. The van der Waals surface area contributed by atoms with Gasteiger partial charge < -0.3 is 20.3 Å². The summed E-state index contributed by atoms with van der Waals surface area (Å²) < 4.78 is 4.69. The van der Waals surface area contributed by atoms with Crippen molar-refractivity contribution in [2.45, 2.75) is 62.9 Å². The molecular formula is C18H28N4O5. The van der Waals surface area contributed by atoms with Crippen LogP contribution in [0.4, 0.5) is 9.59 Å². The highest BCUT2D eigenvalue weighted by molar-refractivity contribution is 6.07. The van der Waals surface area contributed by atoms with Crippen LogP contribution in [0.3, 0.4) is 0 Å². The van der Waals surface area contributed by atoms with Crippen molar-refractivity contribution in [2.75, 3.05) is 26.7 Å². The number of methoxy groups -OCH3 is 1. The standard InChI is InChI=1S/C18H28N4O5/c1-27-17(26)21-10-5-13(6-11-21)19-14(23)7-12-22-15(24)18(20-16(22)25)8-3-2-4-9-18/h13H,2-12H2,1H3,(H,19,23)(H,20,25). The summed E-state index contributed by atoms with van der Waals surface area (Å²) in [5, 5.41) is 5.79. The van der Waals surface area contributed by atoms with Gasteiger partial charge in [-0.1, -0.05) is 19.3 Å². The van der Waals surface area contributed by atoms with E-state index >= 15 is 0 Å². The zero-order valence-electron chi connectivity index (χ0n) is 15.8. The molecule has 150 valence electrons. The molecule has 2 aliphatic heterocycles. The van der Waals surface area contributed by atoms with Gasteiger partial charge in [-0.25, -0.2) is 9.59 Å². The number of ether oxygens (including phenoxy) is 1. The molecule has 2 N–H and O–H groups in total. The van der Waals surface area contributed by atoms with E-state index in [0.717, 1.165) is 19.3 Å². The van der Waals surface area contributed by atoms with Gasteiger partial charge in [0.05, 0.1) is 7.11 Å². The summed E-state index contributed by atoms with van der Waals surface area (Å²) in [5.41, 5.74) is -0.744. The first kappa shape index (κ1) is 19.4. The SMILES string of the molecule is COC(=O)N1CCC(NC(=O)CCN2C(=O)NC3(CCCCC3)C2=O)CC1. The van der Waals surface area contributed by atoms with Crippen LogP contribution in [0, 0.1) is 0 Å². The Labute approximate surface area is 158 Å². The van der Waals surface area contributed by atoms with E-state index in [-0.39, 0.29) is 42.9 Å². The molecule has 2 heterocycles. The van der Waals surface area contributed by atoms with Crippen LogP contribution in [0.1, 0.15) is 51.4 Å². The molecule has 0 aromatic heterocycles. The number of nitrogens with zero attached hydrogens (tertiary/aromatic N) is 2. The van der Waals surface area contributed by atoms with E-state index in [2.05, 4.69) is 10.6 Å². The Bertz CT molecular complexity index is 609. The van der Waals surface area contributed by atoms with Crippen molar-refractivity contribution in [3.8, 4) is 0 Å². The van der Waals surface area contributed by atoms with Crippen molar-refractivity contribution in [2.24, 2.45) is 0 Å². The Kier molecular flexibility index (Phi) is 5.86. The Morgan fingerprint density at radius 3 is 2.48 bits per heavy atom. The number of piperidine rings is 1. The number of imide groups is 1. The van der Waals surface area contributed by atoms with Crippen LogP contribution in [0.15, 0.2) is 0 Å². The second-order valence-electron chi connectivity index (χ2n) is 7.58. The number of urea groups is 1. The average molecular weight is 380 g/mol. The van der Waals surface area contributed by atoms with Gasteiger partial charge in [-0.05, 0) is 25.7 Å². The van der Waals surface area contributed by atoms with E-state index in [9.17, 15) is 19.2 Å².